The topological polar surface area (TPSA) is 41.6 Å². The minimum Gasteiger partial charge on any atom is -0.497 e. The number of rotatable bonds is 9. The van der Waals surface area contributed by atoms with Crippen LogP contribution in [-0.4, -0.2) is 43.6 Å². The molecule has 0 aliphatic carbocycles. The molecule has 172 valence electrons. The molecule has 1 heterocycles. The third kappa shape index (κ3) is 6.69. The van der Waals surface area contributed by atoms with E-state index < -0.39 is 0 Å². The van der Waals surface area contributed by atoms with Gasteiger partial charge in [-0.05, 0) is 54.6 Å². The van der Waals surface area contributed by atoms with Crippen LogP contribution in [0, 0.1) is 0 Å². The normalized spacial score (nSPS) is 14.8. The lowest BCUT2D eigenvalue weighted by molar-refractivity contribution is -0.121. The van der Waals surface area contributed by atoms with E-state index in [-0.39, 0.29) is 11.9 Å². The highest BCUT2D eigenvalue weighted by atomic mass is 16.5. The van der Waals surface area contributed by atoms with Crippen LogP contribution in [0.1, 0.15) is 41.9 Å². The predicted octanol–water partition coefficient (Wildman–Crippen LogP) is 5.04. The molecular formula is C29H34N2O2. The summed E-state index contributed by atoms with van der Waals surface area (Å²) in [6, 6.07) is 29.6. The highest BCUT2D eigenvalue weighted by Crippen LogP contribution is 2.28. The summed E-state index contributed by atoms with van der Waals surface area (Å²) >= 11 is 0. The van der Waals surface area contributed by atoms with Crippen molar-refractivity contribution in [3.05, 3.63) is 102 Å². The highest BCUT2D eigenvalue weighted by Gasteiger charge is 2.22. The minimum atomic E-state index is 0.104. The Morgan fingerprint density at radius 1 is 0.909 bits per heavy atom. The van der Waals surface area contributed by atoms with E-state index in [0.29, 0.717) is 12.3 Å². The first kappa shape index (κ1) is 23.1. The molecule has 0 radical (unpaired) electrons. The van der Waals surface area contributed by atoms with Crippen molar-refractivity contribution in [3.63, 3.8) is 0 Å². The lowest BCUT2D eigenvalue weighted by Gasteiger charge is -2.33. The van der Waals surface area contributed by atoms with Gasteiger partial charge in [-0.3, -0.25) is 4.79 Å². The molecule has 0 atom stereocenters. The summed E-state index contributed by atoms with van der Waals surface area (Å²) in [6.45, 7) is 3.13. The van der Waals surface area contributed by atoms with Gasteiger partial charge >= 0.3 is 0 Å². The monoisotopic (exact) mass is 442 g/mol. The number of carbonyl (C=O) groups excluding carboxylic acids is 1. The summed E-state index contributed by atoms with van der Waals surface area (Å²) in [4.78, 5) is 15.0. The third-order valence-electron chi connectivity index (χ3n) is 6.61. The second-order valence-corrected chi connectivity index (χ2v) is 8.87. The van der Waals surface area contributed by atoms with Gasteiger partial charge in [0, 0.05) is 25.0 Å². The van der Waals surface area contributed by atoms with Gasteiger partial charge in [-0.15, -0.1) is 0 Å². The number of ether oxygens (including phenoxy) is 1. The number of benzene rings is 3. The quantitative estimate of drug-likeness (QED) is 0.505. The smallest absolute Gasteiger partial charge is 0.224 e. The number of carbonyl (C=O) groups is 1. The standard InChI is InChI=1S/C29H34N2O2/c1-33-27-14-12-23(13-15-27)22-29(32)30-26-16-19-31(20-17-26)21-18-28(24-8-4-2-5-9-24)25-10-6-3-7-11-25/h2-15,26,28H,16-22H2,1H3,(H,30,32). The molecule has 3 aromatic carbocycles. The maximum Gasteiger partial charge on any atom is 0.224 e. The summed E-state index contributed by atoms with van der Waals surface area (Å²) < 4.78 is 5.19. The van der Waals surface area contributed by atoms with Crippen LogP contribution in [0.2, 0.25) is 0 Å². The van der Waals surface area contributed by atoms with Crippen LogP contribution in [0.25, 0.3) is 0 Å². The van der Waals surface area contributed by atoms with Crippen molar-refractivity contribution in [3.8, 4) is 5.75 Å². The Morgan fingerprint density at radius 3 is 2.03 bits per heavy atom. The first-order valence-corrected chi connectivity index (χ1v) is 12.0. The summed E-state index contributed by atoms with van der Waals surface area (Å²) in [5, 5.41) is 3.24. The van der Waals surface area contributed by atoms with Crippen molar-refractivity contribution in [2.75, 3.05) is 26.7 Å². The molecule has 0 unspecified atom stereocenters. The third-order valence-corrected chi connectivity index (χ3v) is 6.61. The Kier molecular flexibility index (Phi) is 8.15. The summed E-state index contributed by atoms with van der Waals surface area (Å²) in [5.41, 5.74) is 3.77. The molecule has 1 aliphatic heterocycles. The molecule has 4 nitrogen and oxygen atoms in total. The van der Waals surface area contributed by atoms with E-state index in [4.69, 9.17) is 4.74 Å². The molecule has 1 saturated heterocycles. The molecule has 1 N–H and O–H groups in total. The maximum atomic E-state index is 12.5. The summed E-state index contributed by atoms with van der Waals surface area (Å²) in [5.74, 6) is 1.33. The van der Waals surface area contributed by atoms with Crippen molar-refractivity contribution >= 4 is 5.91 Å². The summed E-state index contributed by atoms with van der Waals surface area (Å²) in [6.07, 6.45) is 3.54. The molecule has 4 rings (SSSR count). The van der Waals surface area contributed by atoms with Crippen molar-refractivity contribution in [2.45, 2.75) is 37.6 Å². The van der Waals surface area contributed by atoms with E-state index in [1.807, 2.05) is 24.3 Å². The molecule has 0 aromatic heterocycles. The number of nitrogens with one attached hydrogen (secondary N) is 1. The molecular weight excluding hydrogens is 408 g/mol. The fourth-order valence-electron chi connectivity index (χ4n) is 4.72. The van der Waals surface area contributed by atoms with Gasteiger partial charge < -0.3 is 15.0 Å². The van der Waals surface area contributed by atoms with Crippen LogP contribution in [0.3, 0.4) is 0 Å². The first-order chi connectivity index (χ1) is 16.2. The Hall–Kier alpha value is -3.11. The molecule has 4 heteroatoms. The van der Waals surface area contributed by atoms with E-state index >= 15 is 0 Å². The molecule has 1 amide bonds. The zero-order valence-electron chi connectivity index (χ0n) is 19.5. The van der Waals surface area contributed by atoms with Crippen LogP contribution < -0.4 is 10.1 Å². The molecule has 0 spiro atoms. The summed E-state index contributed by atoms with van der Waals surface area (Å²) in [7, 11) is 1.65. The van der Waals surface area contributed by atoms with Crippen LogP contribution in [0.4, 0.5) is 0 Å². The Labute approximate surface area is 197 Å². The second-order valence-electron chi connectivity index (χ2n) is 8.87. The van der Waals surface area contributed by atoms with Crippen LogP contribution >= 0.6 is 0 Å². The van der Waals surface area contributed by atoms with Crippen molar-refractivity contribution in [1.29, 1.82) is 0 Å². The number of hydrogen-bond donors (Lipinski definition) is 1. The van der Waals surface area contributed by atoms with Gasteiger partial charge in [-0.25, -0.2) is 0 Å². The molecule has 3 aromatic rings. The number of methoxy groups -OCH3 is 1. The molecule has 1 fully saturated rings. The Morgan fingerprint density at radius 2 is 1.48 bits per heavy atom. The Bertz CT molecular complexity index is 942. The highest BCUT2D eigenvalue weighted by molar-refractivity contribution is 5.78. The van der Waals surface area contributed by atoms with Gasteiger partial charge in [0.05, 0.1) is 13.5 Å². The number of nitrogens with zero attached hydrogens (tertiary/aromatic N) is 1. The number of likely N-dealkylation sites (tertiary alicyclic amines) is 1. The molecule has 33 heavy (non-hydrogen) atoms. The van der Waals surface area contributed by atoms with Crippen LogP contribution in [0.5, 0.6) is 5.75 Å². The van der Waals surface area contributed by atoms with E-state index in [1.165, 1.54) is 11.1 Å². The Balaban J connectivity index is 1.25. The minimum absolute atomic E-state index is 0.104. The average molecular weight is 443 g/mol. The van der Waals surface area contributed by atoms with E-state index in [2.05, 4.69) is 70.9 Å². The zero-order valence-corrected chi connectivity index (χ0v) is 19.5. The van der Waals surface area contributed by atoms with Gasteiger partial charge in [-0.2, -0.15) is 0 Å². The average Bonchev–Trinajstić information content (AvgIpc) is 2.87. The van der Waals surface area contributed by atoms with Crippen molar-refractivity contribution in [2.24, 2.45) is 0 Å². The van der Waals surface area contributed by atoms with Gasteiger partial charge in [0.15, 0.2) is 0 Å². The van der Waals surface area contributed by atoms with Crippen molar-refractivity contribution in [1.82, 2.24) is 10.2 Å². The van der Waals surface area contributed by atoms with Crippen molar-refractivity contribution < 1.29 is 9.53 Å². The molecule has 0 saturated carbocycles. The largest absolute Gasteiger partial charge is 0.497 e. The van der Waals surface area contributed by atoms with Crippen LogP contribution in [-0.2, 0) is 11.2 Å². The van der Waals surface area contributed by atoms with Gasteiger partial charge in [0.1, 0.15) is 5.75 Å². The predicted molar refractivity (Wildman–Crippen MR) is 134 cm³/mol. The van der Waals surface area contributed by atoms with Gasteiger partial charge in [0.25, 0.3) is 0 Å². The van der Waals surface area contributed by atoms with E-state index in [0.717, 1.165) is 50.2 Å². The number of hydrogen-bond acceptors (Lipinski definition) is 3. The van der Waals surface area contributed by atoms with E-state index in [9.17, 15) is 4.79 Å². The zero-order chi connectivity index (χ0) is 22.9. The second kappa shape index (κ2) is 11.7. The lowest BCUT2D eigenvalue weighted by Crippen LogP contribution is -2.45. The number of amides is 1. The maximum absolute atomic E-state index is 12.5. The van der Waals surface area contributed by atoms with Crippen LogP contribution in [0.15, 0.2) is 84.9 Å². The van der Waals surface area contributed by atoms with E-state index in [1.54, 1.807) is 7.11 Å². The van der Waals surface area contributed by atoms with Gasteiger partial charge in [0.2, 0.25) is 5.91 Å². The molecule has 0 bridgehead atoms. The first-order valence-electron chi connectivity index (χ1n) is 12.0. The fraction of sp³-hybridized carbons (Fsp3) is 0.345. The molecule has 1 aliphatic rings. The SMILES string of the molecule is COc1ccc(CC(=O)NC2CCN(CCC(c3ccccc3)c3ccccc3)CC2)cc1. The lowest BCUT2D eigenvalue weighted by atomic mass is 9.88. The van der Waals surface area contributed by atoms with Gasteiger partial charge in [-0.1, -0.05) is 72.8 Å². The fourth-order valence-corrected chi connectivity index (χ4v) is 4.72. The number of piperidine rings is 1.